The van der Waals surface area contributed by atoms with Gasteiger partial charge in [0.25, 0.3) is 0 Å². The number of carboxylic acid groups (broad SMARTS) is 1. The molecule has 0 spiro atoms. The molecule has 1 unspecified atom stereocenters. The summed E-state index contributed by atoms with van der Waals surface area (Å²) < 4.78 is 5.22. The second-order valence-corrected chi connectivity index (χ2v) is 4.85. The number of nitrogens with one attached hydrogen (secondary N) is 1. The molecule has 112 valence electrons. The lowest BCUT2D eigenvalue weighted by atomic mass is 10.1. The molecule has 1 saturated heterocycles. The van der Waals surface area contributed by atoms with Crippen molar-refractivity contribution in [2.24, 2.45) is 0 Å². The topological polar surface area (TPSA) is 78.9 Å². The van der Waals surface area contributed by atoms with Gasteiger partial charge in [0.05, 0.1) is 12.1 Å². The van der Waals surface area contributed by atoms with Crippen molar-refractivity contribution in [3.8, 4) is 12.3 Å². The van der Waals surface area contributed by atoms with Crippen LogP contribution in [-0.2, 0) is 9.53 Å². The van der Waals surface area contributed by atoms with Crippen LogP contribution in [0.25, 0.3) is 0 Å². The maximum atomic E-state index is 12.0. The fraction of sp³-hybridized carbons (Fsp3) is 0.714. The summed E-state index contributed by atoms with van der Waals surface area (Å²) in [7, 11) is 0. The third-order valence-corrected chi connectivity index (χ3v) is 3.25. The maximum Gasteiger partial charge on any atom is 0.329 e. The number of hydrogen-bond donors (Lipinski definition) is 2. The summed E-state index contributed by atoms with van der Waals surface area (Å²) in [4.78, 5) is 24.1. The van der Waals surface area contributed by atoms with E-state index >= 15 is 0 Å². The fourth-order valence-electron chi connectivity index (χ4n) is 2.14. The minimum atomic E-state index is -0.971. The summed E-state index contributed by atoms with van der Waals surface area (Å²) in [5, 5.41) is 11.4. The number of terminal acetylenes is 1. The summed E-state index contributed by atoms with van der Waals surface area (Å²) in [5.41, 5.74) is 0. The highest BCUT2D eigenvalue weighted by Crippen LogP contribution is 2.14. The van der Waals surface area contributed by atoms with Gasteiger partial charge >= 0.3 is 12.0 Å². The van der Waals surface area contributed by atoms with Crippen molar-refractivity contribution < 1.29 is 19.4 Å². The van der Waals surface area contributed by atoms with E-state index in [9.17, 15) is 9.59 Å². The Labute approximate surface area is 119 Å². The van der Waals surface area contributed by atoms with Crippen LogP contribution in [0.4, 0.5) is 4.79 Å². The van der Waals surface area contributed by atoms with E-state index in [0.717, 1.165) is 12.8 Å². The van der Waals surface area contributed by atoms with Gasteiger partial charge in [-0.25, -0.2) is 9.59 Å². The Morgan fingerprint density at radius 3 is 2.65 bits per heavy atom. The van der Waals surface area contributed by atoms with E-state index in [1.54, 1.807) is 4.90 Å². The molecule has 1 atom stereocenters. The molecule has 2 N–H and O–H groups in total. The van der Waals surface area contributed by atoms with Crippen LogP contribution in [0.1, 0.15) is 32.6 Å². The molecule has 1 aliphatic heterocycles. The summed E-state index contributed by atoms with van der Waals surface area (Å²) in [6, 6.07) is -0.383. The number of hydrogen-bond acceptors (Lipinski definition) is 3. The lowest BCUT2D eigenvalue weighted by Gasteiger charge is -2.32. The van der Waals surface area contributed by atoms with E-state index < -0.39 is 5.97 Å². The number of aliphatic carboxylic acids is 1. The van der Waals surface area contributed by atoms with E-state index in [1.165, 1.54) is 0 Å². The zero-order valence-electron chi connectivity index (χ0n) is 11.8. The van der Waals surface area contributed by atoms with E-state index in [2.05, 4.69) is 11.2 Å². The number of piperidine rings is 1. The molecule has 6 nitrogen and oxygen atoms in total. The minimum Gasteiger partial charge on any atom is -0.480 e. The number of ether oxygens (including phenoxy) is 1. The van der Waals surface area contributed by atoms with Crippen molar-refractivity contribution in [3.05, 3.63) is 0 Å². The van der Waals surface area contributed by atoms with Gasteiger partial charge in [-0.1, -0.05) is 19.3 Å². The van der Waals surface area contributed by atoms with Gasteiger partial charge in [0.15, 0.2) is 0 Å². The molecular formula is C14H22N2O4. The van der Waals surface area contributed by atoms with E-state index in [1.807, 2.05) is 6.92 Å². The molecule has 0 saturated carbocycles. The SMILES string of the molecule is C#CC(CCC)NC(=O)N1CCC(OCC(=O)O)CC1. The maximum absolute atomic E-state index is 12.0. The predicted molar refractivity (Wildman–Crippen MR) is 74.2 cm³/mol. The van der Waals surface area contributed by atoms with Gasteiger partial charge < -0.3 is 20.1 Å². The van der Waals surface area contributed by atoms with Crippen LogP contribution >= 0.6 is 0 Å². The molecule has 1 aliphatic rings. The van der Waals surface area contributed by atoms with Crippen LogP contribution in [0.5, 0.6) is 0 Å². The number of urea groups is 1. The number of amides is 2. The molecule has 0 bridgehead atoms. The Morgan fingerprint density at radius 2 is 2.15 bits per heavy atom. The van der Waals surface area contributed by atoms with Gasteiger partial charge in [-0.05, 0) is 19.3 Å². The summed E-state index contributed by atoms with van der Waals surface area (Å²) in [5.74, 6) is 1.60. The zero-order chi connectivity index (χ0) is 15.0. The molecule has 1 heterocycles. The quantitative estimate of drug-likeness (QED) is 0.714. The summed E-state index contributed by atoms with van der Waals surface area (Å²) >= 11 is 0. The minimum absolute atomic E-state index is 0.0887. The monoisotopic (exact) mass is 282 g/mol. The van der Waals surface area contributed by atoms with Crippen molar-refractivity contribution in [1.82, 2.24) is 10.2 Å². The number of carbonyl (C=O) groups excluding carboxylic acids is 1. The van der Waals surface area contributed by atoms with Gasteiger partial charge in [-0.3, -0.25) is 0 Å². The largest absolute Gasteiger partial charge is 0.480 e. The number of nitrogens with zero attached hydrogens (tertiary/aromatic N) is 1. The standard InChI is InChI=1S/C14H22N2O4/c1-3-5-11(4-2)15-14(19)16-8-6-12(7-9-16)20-10-13(17)18/h2,11-12H,3,5-10H2,1H3,(H,15,19)(H,17,18). The second kappa shape index (κ2) is 8.43. The highest BCUT2D eigenvalue weighted by Gasteiger charge is 2.24. The Kier molecular flexibility index (Phi) is 6.88. The van der Waals surface area contributed by atoms with Crippen molar-refractivity contribution >= 4 is 12.0 Å². The molecule has 0 aromatic carbocycles. The van der Waals surface area contributed by atoms with Crippen LogP contribution in [0, 0.1) is 12.3 Å². The van der Waals surface area contributed by atoms with E-state index in [-0.39, 0.29) is 24.8 Å². The molecule has 6 heteroatoms. The van der Waals surface area contributed by atoms with Crippen molar-refractivity contribution in [1.29, 1.82) is 0 Å². The molecule has 0 aliphatic carbocycles. The molecule has 20 heavy (non-hydrogen) atoms. The highest BCUT2D eigenvalue weighted by atomic mass is 16.5. The lowest BCUT2D eigenvalue weighted by Crippen LogP contribution is -2.48. The van der Waals surface area contributed by atoms with Crippen LogP contribution in [0.3, 0.4) is 0 Å². The van der Waals surface area contributed by atoms with Gasteiger partial charge in [0.1, 0.15) is 6.61 Å². The van der Waals surface area contributed by atoms with Crippen LogP contribution in [0.2, 0.25) is 0 Å². The number of likely N-dealkylation sites (tertiary alicyclic amines) is 1. The highest BCUT2D eigenvalue weighted by molar-refractivity contribution is 5.75. The second-order valence-electron chi connectivity index (χ2n) is 4.85. The number of carbonyl (C=O) groups is 2. The molecule has 0 radical (unpaired) electrons. The first-order chi connectivity index (χ1) is 9.56. The predicted octanol–water partition coefficient (Wildman–Crippen LogP) is 1.06. The van der Waals surface area contributed by atoms with Gasteiger partial charge in [-0.15, -0.1) is 6.42 Å². The normalized spacial score (nSPS) is 17.3. The van der Waals surface area contributed by atoms with Crippen LogP contribution < -0.4 is 5.32 Å². The van der Waals surface area contributed by atoms with Crippen molar-refractivity contribution in [2.75, 3.05) is 19.7 Å². The van der Waals surface area contributed by atoms with Crippen molar-refractivity contribution in [3.63, 3.8) is 0 Å². The number of carboxylic acids is 1. The van der Waals surface area contributed by atoms with E-state index in [4.69, 9.17) is 16.3 Å². The fourth-order valence-corrected chi connectivity index (χ4v) is 2.14. The molecule has 0 aromatic heterocycles. The summed E-state index contributed by atoms with van der Waals surface area (Å²) in [6.07, 6.45) is 8.26. The van der Waals surface area contributed by atoms with Gasteiger partial charge in [0, 0.05) is 13.1 Å². The third-order valence-electron chi connectivity index (χ3n) is 3.25. The molecule has 1 fully saturated rings. The zero-order valence-corrected chi connectivity index (χ0v) is 11.8. The van der Waals surface area contributed by atoms with E-state index in [0.29, 0.717) is 25.9 Å². The Morgan fingerprint density at radius 1 is 1.50 bits per heavy atom. The van der Waals surface area contributed by atoms with Crippen molar-refractivity contribution in [2.45, 2.75) is 44.8 Å². The molecule has 1 rings (SSSR count). The molecular weight excluding hydrogens is 260 g/mol. The molecule has 0 aromatic rings. The smallest absolute Gasteiger partial charge is 0.329 e. The first kappa shape index (κ1) is 16.3. The average Bonchev–Trinajstić information content (AvgIpc) is 2.45. The Hall–Kier alpha value is -1.74. The van der Waals surface area contributed by atoms with Gasteiger partial charge in [0.2, 0.25) is 0 Å². The Balaban J connectivity index is 2.32. The lowest BCUT2D eigenvalue weighted by molar-refractivity contribution is -0.145. The third kappa shape index (κ3) is 5.49. The van der Waals surface area contributed by atoms with Gasteiger partial charge in [-0.2, -0.15) is 0 Å². The Bertz CT molecular complexity index is 370. The first-order valence-electron chi connectivity index (χ1n) is 6.91. The number of rotatable bonds is 6. The molecule has 2 amide bonds. The van der Waals surface area contributed by atoms with Crippen LogP contribution in [-0.4, -0.2) is 53.8 Å². The first-order valence-corrected chi connectivity index (χ1v) is 6.91. The van der Waals surface area contributed by atoms with Crippen LogP contribution in [0.15, 0.2) is 0 Å². The summed E-state index contributed by atoms with van der Waals surface area (Å²) in [6.45, 7) is 2.84. The average molecular weight is 282 g/mol.